The molecular weight excluding hydrogens is 705 g/mol. The van der Waals surface area contributed by atoms with Crippen LogP contribution in [0, 0.1) is 0 Å². The molecule has 0 aliphatic heterocycles. The number of nitrogens with one attached hydrogen (secondary N) is 2. The first-order valence-corrected chi connectivity index (χ1v) is 24.2. The quantitative estimate of drug-likeness (QED) is 0.0521. The van der Waals surface area contributed by atoms with Crippen molar-refractivity contribution in [2.75, 3.05) is 23.8 Å². The Balaban J connectivity index is 1.51. The summed E-state index contributed by atoms with van der Waals surface area (Å²) in [7, 11) is 0. The lowest BCUT2D eigenvalue weighted by atomic mass is 10.0. The van der Waals surface area contributed by atoms with Crippen LogP contribution < -0.4 is 20.1 Å². The summed E-state index contributed by atoms with van der Waals surface area (Å²) in [6.45, 7) is 5.79. The topological polar surface area (TPSA) is 76.7 Å². The predicted molar refractivity (Wildman–Crippen MR) is 245 cm³/mol. The minimum Gasteiger partial charge on any atom is -0.491 e. The van der Waals surface area contributed by atoms with Crippen molar-refractivity contribution in [3.8, 4) is 11.5 Å². The molecule has 0 aliphatic carbocycles. The van der Waals surface area contributed by atoms with Crippen LogP contribution in [0.1, 0.15) is 226 Å². The van der Waals surface area contributed by atoms with Gasteiger partial charge in [-0.1, -0.05) is 231 Å². The molecule has 6 nitrogen and oxygen atoms in total. The summed E-state index contributed by atoms with van der Waals surface area (Å²) in [5.41, 5.74) is 1.18. The molecule has 2 amide bonds. The fourth-order valence-electron chi connectivity index (χ4n) is 7.59. The van der Waals surface area contributed by atoms with Crippen LogP contribution >= 0.6 is 0 Å². The molecule has 0 spiro atoms. The Bertz CT molecular complexity index is 1140. The van der Waals surface area contributed by atoms with Crippen molar-refractivity contribution in [1.29, 1.82) is 0 Å². The summed E-state index contributed by atoms with van der Waals surface area (Å²) in [4.78, 5) is 25.7. The van der Waals surface area contributed by atoms with Gasteiger partial charge in [0.2, 0.25) is 11.8 Å². The normalized spacial score (nSPS) is 11.1. The van der Waals surface area contributed by atoms with E-state index in [1.54, 1.807) is 0 Å². The number of rotatable bonds is 40. The molecule has 2 N–H and O–H groups in total. The molecule has 0 unspecified atom stereocenters. The van der Waals surface area contributed by atoms with E-state index in [1.165, 1.54) is 180 Å². The highest BCUT2D eigenvalue weighted by Crippen LogP contribution is 2.26. The van der Waals surface area contributed by atoms with Gasteiger partial charge >= 0.3 is 0 Å². The maximum Gasteiger partial charge on any atom is 0.233 e. The van der Waals surface area contributed by atoms with Crippen molar-refractivity contribution in [2.45, 2.75) is 226 Å². The number of amides is 2. The van der Waals surface area contributed by atoms with E-state index in [9.17, 15) is 9.59 Å². The molecule has 6 heteroatoms. The molecule has 0 fully saturated rings. The van der Waals surface area contributed by atoms with E-state index in [0.29, 0.717) is 36.1 Å². The summed E-state index contributed by atoms with van der Waals surface area (Å²) in [5.74, 6) is 0.523. The lowest BCUT2D eigenvalue weighted by Gasteiger charge is -2.14. The molecule has 2 aromatic carbocycles. The van der Waals surface area contributed by atoms with Gasteiger partial charge < -0.3 is 20.1 Å². The van der Waals surface area contributed by atoms with Crippen molar-refractivity contribution in [3.63, 3.8) is 0 Å². The lowest BCUT2D eigenvalue weighted by Crippen LogP contribution is -2.22. The largest absolute Gasteiger partial charge is 0.491 e. The third kappa shape index (κ3) is 28.9. The van der Waals surface area contributed by atoms with Gasteiger partial charge in [-0.3, -0.25) is 9.59 Å². The van der Waals surface area contributed by atoms with Crippen LogP contribution in [-0.4, -0.2) is 25.0 Å². The van der Waals surface area contributed by atoms with E-state index in [1.807, 2.05) is 48.5 Å². The number of para-hydroxylation sites is 4. The number of hydrogen-bond donors (Lipinski definition) is 2. The average molecular weight is 791 g/mol. The molecule has 0 heterocycles. The van der Waals surface area contributed by atoms with Crippen LogP contribution in [0.5, 0.6) is 11.5 Å². The molecule has 324 valence electrons. The highest BCUT2D eigenvalue weighted by molar-refractivity contribution is 6.08. The number of anilines is 2. The first-order valence-electron chi connectivity index (χ1n) is 24.2. The Hall–Kier alpha value is -3.02. The van der Waals surface area contributed by atoms with Crippen LogP contribution in [0.3, 0.4) is 0 Å². The summed E-state index contributed by atoms with van der Waals surface area (Å²) in [5, 5.41) is 5.76. The first kappa shape index (κ1) is 50.1. The van der Waals surface area contributed by atoms with E-state index in [2.05, 4.69) is 24.5 Å². The molecule has 0 aromatic heterocycles. The zero-order valence-electron chi connectivity index (χ0n) is 37.0. The van der Waals surface area contributed by atoms with E-state index in [0.717, 1.165) is 25.7 Å². The van der Waals surface area contributed by atoms with E-state index < -0.39 is 0 Å². The molecular formula is C51H86N2O4. The predicted octanol–water partition coefficient (Wildman–Crippen LogP) is 15.9. The number of hydrogen-bond acceptors (Lipinski definition) is 4. The summed E-state index contributed by atoms with van der Waals surface area (Å²) >= 11 is 0. The Morgan fingerprint density at radius 1 is 0.368 bits per heavy atom. The third-order valence-corrected chi connectivity index (χ3v) is 11.2. The second-order valence-electron chi connectivity index (χ2n) is 16.6. The van der Waals surface area contributed by atoms with Gasteiger partial charge in [0.05, 0.1) is 24.6 Å². The van der Waals surface area contributed by atoms with E-state index >= 15 is 0 Å². The number of unbranched alkanes of at least 4 members (excludes halogenated alkanes) is 30. The first-order chi connectivity index (χ1) is 28.1. The van der Waals surface area contributed by atoms with E-state index in [4.69, 9.17) is 9.47 Å². The molecule has 0 aliphatic rings. The van der Waals surface area contributed by atoms with Crippen LogP contribution in [0.2, 0.25) is 0 Å². The lowest BCUT2D eigenvalue weighted by molar-refractivity contribution is -0.123. The van der Waals surface area contributed by atoms with Gasteiger partial charge in [-0.15, -0.1) is 0 Å². The highest BCUT2D eigenvalue weighted by Gasteiger charge is 2.14. The molecule has 0 bridgehead atoms. The molecule has 2 rings (SSSR count). The summed E-state index contributed by atoms with van der Waals surface area (Å²) in [6.07, 6.45) is 42.5. The SMILES string of the molecule is CCCCCCCCCCCCCCCCCCOc1ccccc1NC(=O)CC(=O)Nc1ccccc1OCCCCCCCCCCCCCCCCCC. The number of carbonyl (C=O) groups is 2. The Morgan fingerprint density at radius 3 is 0.895 bits per heavy atom. The standard InChI is InChI=1S/C51H86N2O4/c1-3-5-7-9-11-13-15-17-19-21-23-25-27-29-31-37-43-56-48-41-35-33-39-46(48)52-50(54)45-51(55)53-47-40-34-36-42-49(47)57-44-38-32-30-28-26-24-22-20-18-16-14-12-10-8-6-4-2/h33-36,39-42H,3-32,37-38,43-45H2,1-2H3,(H,52,54)(H,53,55). The van der Waals surface area contributed by atoms with Gasteiger partial charge in [-0.25, -0.2) is 0 Å². The van der Waals surface area contributed by atoms with Crippen molar-refractivity contribution in [2.24, 2.45) is 0 Å². The zero-order valence-corrected chi connectivity index (χ0v) is 37.0. The van der Waals surface area contributed by atoms with Gasteiger partial charge in [-0.2, -0.15) is 0 Å². The maximum absolute atomic E-state index is 12.9. The van der Waals surface area contributed by atoms with Crippen molar-refractivity contribution in [3.05, 3.63) is 48.5 Å². The van der Waals surface area contributed by atoms with Crippen LogP contribution in [0.25, 0.3) is 0 Å². The smallest absolute Gasteiger partial charge is 0.233 e. The second kappa shape index (κ2) is 37.3. The number of carbonyl (C=O) groups excluding carboxylic acids is 2. The van der Waals surface area contributed by atoms with Gasteiger partial charge in [0.15, 0.2) is 0 Å². The zero-order chi connectivity index (χ0) is 40.7. The molecule has 0 radical (unpaired) electrons. The molecule has 2 aromatic rings. The Labute approximate surface area is 350 Å². The minimum atomic E-state index is -0.377. The second-order valence-corrected chi connectivity index (χ2v) is 16.6. The van der Waals surface area contributed by atoms with Crippen LogP contribution in [0.15, 0.2) is 48.5 Å². The Kier molecular flexibility index (Phi) is 32.8. The maximum atomic E-state index is 12.9. The molecule has 57 heavy (non-hydrogen) atoms. The fourth-order valence-corrected chi connectivity index (χ4v) is 7.59. The number of benzene rings is 2. The number of ether oxygens (including phenoxy) is 2. The van der Waals surface area contributed by atoms with Crippen LogP contribution in [-0.2, 0) is 9.59 Å². The third-order valence-electron chi connectivity index (χ3n) is 11.2. The van der Waals surface area contributed by atoms with Crippen molar-refractivity contribution in [1.82, 2.24) is 0 Å². The van der Waals surface area contributed by atoms with Gasteiger partial charge in [-0.05, 0) is 37.1 Å². The summed E-state index contributed by atoms with van der Waals surface area (Å²) < 4.78 is 12.1. The minimum absolute atomic E-state index is 0.291. The van der Waals surface area contributed by atoms with Crippen molar-refractivity contribution < 1.29 is 19.1 Å². The van der Waals surface area contributed by atoms with Crippen molar-refractivity contribution >= 4 is 23.2 Å². The monoisotopic (exact) mass is 791 g/mol. The van der Waals surface area contributed by atoms with Crippen LogP contribution in [0.4, 0.5) is 11.4 Å². The molecule has 0 saturated heterocycles. The molecule has 0 saturated carbocycles. The van der Waals surface area contributed by atoms with E-state index in [-0.39, 0.29) is 18.2 Å². The average Bonchev–Trinajstić information content (AvgIpc) is 3.21. The highest BCUT2D eigenvalue weighted by atomic mass is 16.5. The fraction of sp³-hybridized carbons (Fsp3) is 0.725. The Morgan fingerprint density at radius 2 is 0.614 bits per heavy atom. The van der Waals surface area contributed by atoms with Gasteiger partial charge in [0.1, 0.15) is 17.9 Å². The van der Waals surface area contributed by atoms with Gasteiger partial charge in [0, 0.05) is 0 Å². The van der Waals surface area contributed by atoms with Gasteiger partial charge in [0.25, 0.3) is 0 Å². The summed E-state index contributed by atoms with van der Waals surface area (Å²) in [6, 6.07) is 14.9. The molecule has 0 atom stereocenters.